The minimum absolute atomic E-state index is 0.0600. The van der Waals surface area contributed by atoms with Gasteiger partial charge in [-0.2, -0.15) is 0 Å². The molecule has 5 heteroatoms. The molecule has 5 nitrogen and oxygen atoms in total. The Morgan fingerprint density at radius 2 is 1.43 bits per heavy atom. The van der Waals surface area contributed by atoms with Crippen molar-refractivity contribution >= 4 is 10.8 Å². The van der Waals surface area contributed by atoms with E-state index in [0.29, 0.717) is 11.1 Å². The summed E-state index contributed by atoms with van der Waals surface area (Å²) in [7, 11) is 0. The van der Waals surface area contributed by atoms with Crippen molar-refractivity contribution in [2.75, 3.05) is 0 Å². The fourth-order valence-corrected chi connectivity index (χ4v) is 2.57. The molecule has 0 saturated carbocycles. The van der Waals surface area contributed by atoms with Crippen molar-refractivity contribution in [3.05, 3.63) is 60.7 Å². The molecular formula is C18H12N2O3. The summed E-state index contributed by atoms with van der Waals surface area (Å²) < 4.78 is 5.68. The van der Waals surface area contributed by atoms with Crippen LogP contribution in [0.5, 0.6) is 11.5 Å². The Labute approximate surface area is 131 Å². The third kappa shape index (κ3) is 2.19. The molecule has 0 bridgehead atoms. The molecule has 3 aromatic carbocycles. The molecule has 0 saturated heterocycles. The van der Waals surface area contributed by atoms with E-state index >= 15 is 0 Å². The molecule has 2 N–H and O–H groups in total. The number of hydrogen-bond acceptors (Lipinski definition) is 5. The van der Waals surface area contributed by atoms with Crippen LogP contribution in [0.1, 0.15) is 0 Å². The van der Waals surface area contributed by atoms with E-state index < -0.39 is 0 Å². The molecule has 1 aromatic heterocycles. The smallest absolute Gasteiger partial charge is 0.252 e. The van der Waals surface area contributed by atoms with Crippen molar-refractivity contribution in [2.24, 2.45) is 0 Å². The Kier molecular flexibility index (Phi) is 2.98. The largest absolute Gasteiger partial charge is 0.507 e. The number of phenols is 2. The van der Waals surface area contributed by atoms with Gasteiger partial charge in [0.05, 0.1) is 11.1 Å². The average molecular weight is 304 g/mol. The van der Waals surface area contributed by atoms with E-state index in [-0.39, 0.29) is 23.3 Å². The summed E-state index contributed by atoms with van der Waals surface area (Å²) in [5.74, 6) is 0.531. The number of rotatable bonds is 2. The molecule has 0 spiro atoms. The molecule has 0 radical (unpaired) electrons. The molecule has 0 amide bonds. The first-order chi connectivity index (χ1) is 11.2. The second-order valence-corrected chi connectivity index (χ2v) is 5.11. The summed E-state index contributed by atoms with van der Waals surface area (Å²) in [6.45, 7) is 0. The predicted molar refractivity (Wildman–Crippen MR) is 86.0 cm³/mol. The maximum atomic E-state index is 10.2. The van der Waals surface area contributed by atoms with Crippen LogP contribution in [0.4, 0.5) is 0 Å². The molecule has 112 valence electrons. The van der Waals surface area contributed by atoms with Crippen LogP contribution < -0.4 is 0 Å². The number of nitrogens with zero attached hydrogens (tertiary/aromatic N) is 2. The Balaban J connectivity index is 1.90. The number of phenolic OH excluding ortho intramolecular Hbond substituents is 2. The zero-order valence-corrected chi connectivity index (χ0v) is 12.0. The van der Waals surface area contributed by atoms with Crippen molar-refractivity contribution in [1.82, 2.24) is 10.2 Å². The maximum Gasteiger partial charge on any atom is 0.252 e. The average Bonchev–Trinajstić information content (AvgIpc) is 3.04. The fourth-order valence-electron chi connectivity index (χ4n) is 2.57. The van der Waals surface area contributed by atoms with Crippen LogP contribution in [0, 0.1) is 0 Å². The molecule has 4 aromatic rings. The van der Waals surface area contributed by atoms with Crippen LogP contribution in [-0.4, -0.2) is 20.4 Å². The lowest BCUT2D eigenvalue weighted by Gasteiger charge is -2.05. The second kappa shape index (κ2) is 5.14. The van der Waals surface area contributed by atoms with Crippen molar-refractivity contribution in [3.8, 4) is 34.4 Å². The highest BCUT2D eigenvalue weighted by Crippen LogP contribution is 2.37. The van der Waals surface area contributed by atoms with Gasteiger partial charge in [-0.3, -0.25) is 0 Å². The minimum Gasteiger partial charge on any atom is -0.507 e. The van der Waals surface area contributed by atoms with Crippen LogP contribution in [0.3, 0.4) is 0 Å². The van der Waals surface area contributed by atoms with Gasteiger partial charge in [0.1, 0.15) is 11.5 Å². The van der Waals surface area contributed by atoms with Gasteiger partial charge in [0.15, 0.2) is 0 Å². The molecule has 0 aliphatic carbocycles. The lowest BCUT2D eigenvalue weighted by molar-refractivity contribution is 0.471. The second-order valence-electron chi connectivity index (χ2n) is 5.11. The van der Waals surface area contributed by atoms with Gasteiger partial charge in [-0.05, 0) is 29.0 Å². The van der Waals surface area contributed by atoms with Crippen molar-refractivity contribution in [3.63, 3.8) is 0 Å². The summed E-state index contributed by atoms with van der Waals surface area (Å²) in [6, 6.07) is 17.8. The summed E-state index contributed by atoms with van der Waals surface area (Å²) in [5.41, 5.74) is 0.934. The number of para-hydroxylation sites is 1. The van der Waals surface area contributed by atoms with Gasteiger partial charge in [-0.15, -0.1) is 10.2 Å². The van der Waals surface area contributed by atoms with Crippen LogP contribution in [-0.2, 0) is 0 Å². The molecule has 0 aliphatic heterocycles. The van der Waals surface area contributed by atoms with Crippen LogP contribution in [0.2, 0.25) is 0 Å². The van der Waals surface area contributed by atoms with Crippen LogP contribution in [0.15, 0.2) is 65.1 Å². The number of aromatic nitrogens is 2. The zero-order valence-electron chi connectivity index (χ0n) is 12.0. The van der Waals surface area contributed by atoms with Crippen LogP contribution in [0.25, 0.3) is 33.7 Å². The first-order valence-electron chi connectivity index (χ1n) is 7.07. The number of fused-ring (bicyclic) bond motifs is 1. The van der Waals surface area contributed by atoms with E-state index in [4.69, 9.17) is 4.42 Å². The zero-order chi connectivity index (χ0) is 15.8. The molecule has 0 unspecified atom stereocenters. The van der Waals surface area contributed by atoms with E-state index in [2.05, 4.69) is 10.2 Å². The SMILES string of the molecule is Oc1ccccc1-c1nnc(-c2c(O)ccc3ccccc23)o1. The molecule has 4 rings (SSSR count). The summed E-state index contributed by atoms with van der Waals surface area (Å²) in [4.78, 5) is 0. The van der Waals surface area contributed by atoms with Gasteiger partial charge in [-0.1, -0.05) is 42.5 Å². The predicted octanol–water partition coefficient (Wildman–Crippen LogP) is 3.97. The third-order valence-electron chi connectivity index (χ3n) is 3.68. The number of hydrogen-bond donors (Lipinski definition) is 2. The Bertz CT molecular complexity index is 1010. The summed E-state index contributed by atoms with van der Waals surface area (Å²) >= 11 is 0. The monoisotopic (exact) mass is 304 g/mol. The molecule has 0 atom stereocenters. The lowest BCUT2D eigenvalue weighted by atomic mass is 10.0. The fraction of sp³-hybridized carbons (Fsp3) is 0. The normalized spacial score (nSPS) is 11.0. The third-order valence-corrected chi connectivity index (χ3v) is 3.68. The Hall–Kier alpha value is -3.34. The van der Waals surface area contributed by atoms with Crippen molar-refractivity contribution in [1.29, 1.82) is 0 Å². The molecule has 0 fully saturated rings. The van der Waals surface area contributed by atoms with E-state index in [1.54, 1.807) is 30.3 Å². The summed E-state index contributed by atoms with van der Waals surface area (Å²) in [6.07, 6.45) is 0. The quantitative estimate of drug-likeness (QED) is 0.586. The van der Waals surface area contributed by atoms with E-state index in [1.165, 1.54) is 0 Å². The lowest BCUT2D eigenvalue weighted by Crippen LogP contribution is -1.83. The van der Waals surface area contributed by atoms with Gasteiger partial charge in [0, 0.05) is 0 Å². The highest BCUT2D eigenvalue weighted by Gasteiger charge is 2.18. The van der Waals surface area contributed by atoms with Gasteiger partial charge in [0.2, 0.25) is 0 Å². The number of benzene rings is 3. The highest BCUT2D eigenvalue weighted by molar-refractivity contribution is 5.97. The van der Waals surface area contributed by atoms with Crippen molar-refractivity contribution < 1.29 is 14.6 Å². The molecule has 0 aliphatic rings. The van der Waals surface area contributed by atoms with E-state index in [0.717, 1.165) is 10.8 Å². The van der Waals surface area contributed by atoms with Gasteiger partial charge < -0.3 is 14.6 Å². The highest BCUT2D eigenvalue weighted by atomic mass is 16.4. The van der Waals surface area contributed by atoms with E-state index in [9.17, 15) is 10.2 Å². The Morgan fingerprint density at radius 3 is 2.30 bits per heavy atom. The van der Waals surface area contributed by atoms with E-state index in [1.807, 2.05) is 30.3 Å². The van der Waals surface area contributed by atoms with Gasteiger partial charge in [0.25, 0.3) is 11.8 Å². The number of aromatic hydroxyl groups is 2. The molecular weight excluding hydrogens is 292 g/mol. The standard InChI is InChI=1S/C18H12N2O3/c21-14-8-4-3-7-13(14)17-19-20-18(23-17)16-12-6-2-1-5-11(12)9-10-15(16)22/h1-10,21-22H. The first-order valence-corrected chi connectivity index (χ1v) is 7.07. The molecule has 1 heterocycles. The van der Waals surface area contributed by atoms with Crippen LogP contribution >= 0.6 is 0 Å². The Morgan fingerprint density at radius 1 is 0.696 bits per heavy atom. The summed E-state index contributed by atoms with van der Waals surface area (Å²) in [5, 5.41) is 29.9. The topological polar surface area (TPSA) is 79.4 Å². The van der Waals surface area contributed by atoms with Gasteiger partial charge >= 0.3 is 0 Å². The molecule has 23 heavy (non-hydrogen) atoms. The maximum absolute atomic E-state index is 10.2. The first kappa shape index (κ1) is 13.3. The minimum atomic E-state index is 0.0600. The van der Waals surface area contributed by atoms with Gasteiger partial charge in [-0.25, -0.2) is 0 Å². The van der Waals surface area contributed by atoms with Crippen molar-refractivity contribution in [2.45, 2.75) is 0 Å².